The third-order valence-corrected chi connectivity index (χ3v) is 6.75. The molecule has 1 saturated heterocycles. The number of carbonyl (C=O) groups excluding carboxylic acids is 2. The fraction of sp³-hybridized carbons (Fsp3) is 0.455. The van der Waals surface area contributed by atoms with Gasteiger partial charge in [-0.2, -0.15) is 0 Å². The summed E-state index contributed by atoms with van der Waals surface area (Å²) >= 11 is 1.54. The van der Waals surface area contributed by atoms with E-state index in [0.29, 0.717) is 18.0 Å². The average Bonchev–Trinajstić information content (AvgIpc) is 3.03. The molecule has 148 valence electrons. The number of benzene rings is 1. The highest BCUT2D eigenvalue weighted by molar-refractivity contribution is 7.14. The van der Waals surface area contributed by atoms with Crippen LogP contribution in [0.5, 0.6) is 0 Å². The lowest BCUT2D eigenvalue weighted by Gasteiger charge is -2.36. The molecule has 0 atom stereocenters. The van der Waals surface area contributed by atoms with Crippen LogP contribution in [-0.4, -0.2) is 49.6 Å². The van der Waals surface area contributed by atoms with Gasteiger partial charge in [-0.05, 0) is 49.4 Å². The van der Waals surface area contributed by atoms with Gasteiger partial charge in [-0.25, -0.2) is 4.79 Å². The number of piperazine rings is 1. The third-order valence-electron chi connectivity index (χ3n) is 5.53. The SMILES string of the molecule is O=C(OCC(=O)N1CCN(c2ccccc2)CC1)c1cc2c(s1)CCCCC2. The summed E-state index contributed by atoms with van der Waals surface area (Å²) in [5.41, 5.74) is 2.47. The zero-order chi connectivity index (χ0) is 19.3. The molecule has 1 aliphatic carbocycles. The molecular weight excluding hydrogens is 372 g/mol. The van der Waals surface area contributed by atoms with E-state index in [2.05, 4.69) is 17.0 Å². The van der Waals surface area contributed by atoms with E-state index in [1.54, 1.807) is 4.90 Å². The van der Waals surface area contributed by atoms with Crippen molar-refractivity contribution in [2.24, 2.45) is 0 Å². The number of esters is 1. The van der Waals surface area contributed by atoms with Gasteiger partial charge in [0.15, 0.2) is 6.61 Å². The molecule has 1 fully saturated rings. The van der Waals surface area contributed by atoms with Crippen molar-refractivity contribution in [2.45, 2.75) is 32.1 Å². The van der Waals surface area contributed by atoms with Crippen molar-refractivity contribution in [3.8, 4) is 0 Å². The predicted molar refractivity (Wildman–Crippen MR) is 111 cm³/mol. The van der Waals surface area contributed by atoms with Gasteiger partial charge in [0.25, 0.3) is 5.91 Å². The van der Waals surface area contributed by atoms with Crippen LogP contribution in [0.1, 0.15) is 39.4 Å². The normalized spacial score (nSPS) is 17.0. The average molecular weight is 399 g/mol. The largest absolute Gasteiger partial charge is 0.451 e. The fourth-order valence-corrected chi connectivity index (χ4v) is 5.06. The molecule has 0 saturated carbocycles. The third kappa shape index (κ3) is 4.38. The van der Waals surface area contributed by atoms with Crippen LogP contribution >= 0.6 is 11.3 Å². The number of ether oxygens (including phenoxy) is 1. The first-order chi connectivity index (χ1) is 13.7. The van der Waals surface area contributed by atoms with E-state index >= 15 is 0 Å². The van der Waals surface area contributed by atoms with Crippen LogP contribution in [0, 0.1) is 0 Å². The van der Waals surface area contributed by atoms with Crippen molar-refractivity contribution in [3.05, 3.63) is 51.7 Å². The fourth-order valence-electron chi connectivity index (χ4n) is 3.91. The van der Waals surface area contributed by atoms with Crippen molar-refractivity contribution < 1.29 is 14.3 Å². The van der Waals surface area contributed by atoms with Crippen LogP contribution in [0.4, 0.5) is 5.69 Å². The van der Waals surface area contributed by atoms with E-state index in [1.165, 1.54) is 46.7 Å². The van der Waals surface area contributed by atoms with E-state index < -0.39 is 0 Å². The summed E-state index contributed by atoms with van der Waals surface area (Å²) in [6.45, 7) is 2.71. The van der Waals surface area contributed by atoms with Gasteiger partial charge in [0, 0.05) is 36.7 Å². The van der Waals surface area contributed by atoms with Gasteiger partial charge in [-0.1, -0.05) is 24.6 Å². The molecule has 0 unspecified atom stereocenters. The first-order valence-electron chi connectivity index (χ1n) is 10.1. The Morgan fingerprint density at radius 2 is 1.71 bits per heavy atom. The maximum atomic E-state index is 12.5. The van der Waals surface area contributed by atoms with E-state index in [0.717, 1.165) is 25.9 Å². The molecule has 28 heavy (non-hydrogen) atoms. The number of amides is 1. The van der Waals surface area contributed by atoms with Gasteiger partial charge in [-0.15, -0.1) is 11.3 Å². The Kier molecular flexibility index (Phi) is 5.95. The van der Waals surface area contributed by atoms with Crippen molar-refractivity contribution in [3.63, 3.8) is 0 Å². The Morgan fingerprint density at radius 1 is 0.964 bits per heavy atom. The molecule has 2 aliphatic rings. The molecule has 2 heterocycles. The highest BCUT2D eigenvalue weighted by Gasteiger charge is 2.23. The van der Waals surface area contributed by atoms with Gasteiger partial charge >= 0.3 is 5.97 Å². The van der Waals surface area contributed by atoms with Gasteiger partial charge in [0.2, 0.25) is 0 Å². The van der Waals surface area contributed by atoms with Crippen LogP contribution in [-0.2, 0) is 22.4 Å². The number of carbonyl (C=O) groups is 2. The first kappa shape index (κ1) is 19.0. The highest BCUT2D eigenvalue weighted by Crippen LogP contribution is 2.29. The van der Waals surface area contributed by atoms with Gasteiger partial charge in [0.1, 0.15) is 4.88 Å². The monoisotopic (exact) mass is 398 g/mol. The number of thiophene rings is 1. The van der Waals surface area contributed by atoms with E-state index in [9.17, 15) is 9.59 Å². The Hall–Kier alpha value is -2.34. The minimum Gasteiger partial charge on any atom is -0.451 e. The number of para-hydroxylation sites is 1. The maximum absolute atomic E-state index is 12.5. The molecule has 0 radical (unpaired) electrons. The maximum Gasteiger partial charge on any atom is 0.348 e. The Morgan fingerprint density at radius 3 is 2.50 bits per heavy atom. The second-order valence-corrected chi connectivity index (χ2v) is 8.54. The summed E-state index contributed by atoms with van der Waals surface area (Å²) in [4.78, 5) is 30.8. The van der Waals surface area contributed by atoms with Crippen molar-refractivity contribution >= 4 is 28.9 Å². The zero-order valence-corrected chi connectivity index (χ0v) is 16.9. The van der Waals surface area contributed by atoms with Gasteiger partial charge in [0.05, 0.1) is 0 Å². The number of aryl methyl sites for hydroxylation is 2. The highest BCUT2D eigenvalue weighted by atomic mass is 32.1. The van der Waals surface area contributed by atoms with Crippen molar-refractivity contribution in [1.29, 1.82) is 0 Å². The van der Waals surface area contributed by atoms with E-state index in [-0.39, 0.29) is 18.5 Å². The topological polar surface area (TPSA) is 49.9 Å². The lowest BCUT2D eigenvalue weighted by atomic mass is 10.1. The molecular formula is C22H26N2O3S. The van der Waals surface area contributed by atoms with E-state index in [1.807, 2.05) is 24.3 Å². The summed E-state index contributed by atoms with van der Waals surface area (Å²) < 4.78 is 5.33. The van der Waals surface area contributed by atoms with E-state index in [4.69, 9.17) is 4.74 Å². The van der Waals surface area contributed by atoms with Crippen molar-refractivity contribution in [2.75, 3.05) is 37.7 Å². The smallest absolute Gasteiger partial charge is 0.348 e. The minimum atomic E-state index is -0.366. The number of nitrogens with zero attached hydrogens (tertiary/aromatic N) is 2. The van der Waals surface area contributed by atoms with Crippen LogP contribution in [0.3, 0.4) is 0 Å². The van der Waals surface area contributed by atoms with Crippen LogP contribution in [0.25, 0.3) is 0 Å². The Balaban J connectivity index is 1.26. The van der Waals surface area contributed by atoms with Crippen LogP contribution < -0.4 is 4.90 Å². The van der Waals surface area contributed by atoms with Gasteiger partial charge in [-0.3, -0.25) is 4.79 Å². The standard InChI is InChI=1S/C22H26N2O3S/c25-21(24-13-11-23(12-14-24)18-8-4-2-5-9-18)16-27-22(26)20-15-17-7-3-1-6-10-19(17)28-20/h2,4-5,8-9,15H,1,3,6-7,10-14,16H2. The predicted octanol–water partition coefficient (Wildman–Crippen LogP) is 3.52. The molecule has 6 heteroatoms. The van der Waals surface area contributed by atoms with Crippen LogP contribution in [0.2, 0.25) is 0 Å². The number of fused-ring (bicyclic) bond motifs is 1. The molecule has 0 bridgehead atoms. The molecule has 1 aliphatic heterocycles. The zero-order valence-electron chi connectivity index (χ0n) is 16.1. The summed E-state index contributed by atoms with van der Waals surface area (Å²) in [5.74, 6) is -0.478. The lowest BCUT2D eigenvalue weighted by Crippen LogP contribution is -2.49. The number of hydrogen-bond donors (Lipinski definition) is 0. The number of anilines is 1. The minimum absolute atomic E-state index is 0.112. The molecule has 1 aromatic heterocycles. The molecule has 2 aromatic rings. The van der Waals surface area contributed by atoms with Crippen molar-refractivity contribution in [1.82, 2.24) is 4.90 Å². The first-order valence-corrected chi connectivity index (χ1v) is 10.9. The molecule has 1 aromatic carbocycles. The molecule has 5 nitrogen and oxygen atoms in total. The molecule has 1 amide bonds. The molecule has 0 spiro atoms. The molecule has 0 N–H and O–H groups in total. The summed E-state index contributed by atoms with van der Waals surface area (Å²) in [5, 5.41) is 0. The van der Waals surface area contributed by atoms with Crippen LogP contribution in [0.15, 0.2) is 36.4 Å². The molecule has 4 rings (SSSR count). The number of hydrogen-bond acceptors (Lipinski definition) is 5. The second kappa shape index (κ2) is 8.78. The number of rotatable bonds is 4. The Labute approximate surface area is 169 Å². The quantitative estimate of drug-likeness (QED) is 0.584. The van der Waals surface area contributed by atoms with Gasteiger partial charge < -0.3 is 14.5 Å². The second-order valence-electron chi connectivity index (χ2n) is 7.40. The summed E-state index contributed by atoms with van der Waals surface area (Å²) in [6, 6.07) is 12.2. The Bertz CT molecular complexity index is 802. The summed E-state index contributed by atoms with van der Waals surface area (Å²) in [7, 11) is 0. The summed E-state index contributed by atoms with van der Waals surface area (Å²) in [6.07, 6.45) is 5.73. The lowest BCUT2D eigenvalue weighted by molar-refractivity contribution is -0.134.